The fraction of sp³-hybridized carbons (Fsp3) is 0.0833. The molecule has 0 saturated carbocycles. The van der Waals surface area contributed by atoms with Crippen LogP contribution >= 0.6 is 55.2 Å². The highest BCUT2D eigenvalue weighted by molar-refractivity contribution is 9.11. The minimum absolute atomic E-state index is 0.208. The van der Waals surface area contributed by atoms with Crippen LogP contribution in [0.4, 0.5) is 5.69 Å². The number of nitrogens with zero attached hydrogens (tertiary/aromatic N) is 1. The van der Waals surface area contributed by atoms with Gasteiger partial charge in [0.05, 0.1) is 17.7 Å². The predicted molar refractivity (Wildman–Crippen MR) is 141 cm³/mol. The Kier molecular flexibility index (Phi) is 7.80. The summed E-state index contributed by atoms with van der Waals surface area (Å²) in [5.41, 5.74) is 2.50. The molecule has 3 aromatic rings. The summed E-state index contributed by atoms with van der Waals surface area (Å²) < 4.78 is 13.4. The van der Waals surface area contributed by atoms with Gasteiger partial charge < -0.3 is 14.8 Å². The third-order valence-electron chi connectivity index (χ3n) is 4.57. The highest BCUT2D eigenvalue weighted by atomic mass is 79.9. The maximum absolute atomic E-state index is 12.4. The van der Waals surface area contributed by atoms with Crippen LogP contribution in [-0.4, -0.2) is 18.2 Å². The molecule has 0 radical (unpaired) electrons. The lowest BCUT2D eigenvalue weighted by atomic mass is 10.2. The van der Waals surface area contributed by atoms with E-state index in [1.165, 1.54) is 11.8 Å². The van der Waals surface area contributed by atoms with Crippen molar-refractivity contribution in [2.45, 2.75) is 6.61 Å². The van der Waals surface area contributed by atoms with Gasteiger partial charge in [0.2, 0.25) is 0 Å². The van der Waals surface area contributed by atoms with Gasteiger partial charge in [-0.05, 0) is 65.9 Å². The van der Waals surface area contributed by atoms with E-state index in [1.807, 2.05) is 48.5 Å². The molecule has 0 unspecified atom stereocenters. The van der Waals surface area contributed by atoms with Crippen LogP contribution in [-0.2, 0) is 11.4 Å². The van der Waals surface area contributed by atoms with Crippen molar-refractivity contribution < 1.29 is 14.3 Å². The summed E-state index contributed by atoms with van der Waals surface area (Å²) >= 11 is 14.3. The Morgan fingerprint density at radius 3 is 2.70 bits per heavy atom. The molecular formula is C24H17Br2ClN2O3S. The lowest BCUT2D eigenvalue weighted by Gasteiger charge is -2.12. The molecule has 5 nitrogen and oxygen atoms in total. The first-order valence-electron chi connectivity index (χ1n) is 9.71. The third kappa shape index (κ3) is 6.20. The zero-order valence-corrected chi connectivity index (χ0v) is 22.0. The van der Waals surface area contributed by atoms with Crippen LogP contribution in [0.2, 0.25) is 5.02 Å². The molecule has 0 aromatic heterocycles. The molecule has 1 fully saturated rings. The minimum Gasteiger partial charge on any atom is -0.493 e. The van der Waals surface area contributed by atoms with Crippen molar-refractivity contribution in [3.05, 3.63) is 90.7 Å². The maximum atomic E-state index is 12.4. The average Bonchev–Trinajstić information content (AvgIpc) is 3.12. The number of aliphatic imine (C=N–C) groups is 1. The van der Waals surface area contributed by atoms with Gasteiger partial charge in [0.25, 0.3) is 5.91 Å². The van der Waals surface area contributed by atoms with Gasteiger partial charge in [-0.2, -0.15) is 0 Å². The molecule has 1 N–H and O–H groups in total. The highest BCUT2D eigenvalue weighted by Gasteiger charge is 2.24. The second-order valence-electron chi connectivity index (χ2n) is 6.90. The summed E-state index contributed by atoms with van der Waals surface area (Å²) in [5, 5.41) is 3.87. The number of hydrogen-bond acceptors (Lipinski definition) is 5. The molecule has 168 valence electrons. The molecule has 0 atom stereocenters. The Labute approximate surface area is 217 Å². The Morgan fingerprint density at radius 2 is 1.94 bits per heavy atom. The molecule has 1 amide bonds. The topological polar surface area (TPSA) is 59.9 Å². The number of carbonyl (C=O) groups is 1. The first kappa shape index (κ1) is 23.9. The minimum atomic E-state index is -0.208. The summed E-state index contributed by atoms with van der Waals surface area (Å²) in [6.45, 7) is 0.381. The van der Waals surface area contributed by atoms with E-state index in [0.29, 0.717) is 38.9 Å². The summed E-state index contributed by atoms with van der Waals surface area (Å²) in [4.78, 5) is 17.4. The van der Waals surface area contributed by atoms with Crippen molar-refractivity contribution in [1.82, 2.24) is 5.32 Å². The molecule has 0 aliphatic carbocycles. The largest absolute Gasteiger partial charge is 0.493 e. The van der Waals surface area contributed by atoms with Crippen LogP contribution in [0, 0.1) is 0 Å². The number of ether oxygens (including phenoxy) is 2. The number of nitrogens with one attached hydrogen (secondary N) is 1. The summed E-state index contributed by atoms with van der Waals surface area (Å²) in [5.74, 6) is 0.982. The zero-order chi connectivity index (χ0) is 23.4. The number of amidine groups is 1. The van der Waals surface area contributed by atoms with Gasteiger partial charge in [-0.3, -0.25) is 4.79 Å². The molecule has 1 saturated heterocycles. The quantitative estimate of drug-likeness (QED) is 0.298. The molecule has 9 heteroatoms. The van der Waals surface area contributed by atoms with E-state index in [9.17, 15) is 4.79 Å². The Bertz CT molecular complexity index is 1280. The first-order valence-corrected chi connectivity index (χ1v) is 12.5. The van der Waals surface area contributed by atoms with Crippen LogP contribution in [0.5, 0.6) is 11.5 Å². The second-order valence-corrected chi connectivity index (χ2v) is 10.1. The van der Waals surface area contributed by atoms with E-state index in [1.54, 1.807) is 25.3 Å². The summed E-state index contributed by atoms with van der Waals surface area (Å²) in [6.07, 6.45) is 1.79. The Balaban J connectivity index is 1.49. The fourth-order valence-corrected chi connectivity index (χ4v) is 5.17. The lowest BCUT2D eigenvalue weighted by molar-refractivity contribution is -0.115. The fourth-order valence-electron chi connectivity index (χ4n) is 2.98. The lowest BCUT2D eigenvalue weighted by Crippen LogP contribution is -2.19. The normalized spacial score (nSPS) is 15.7. The molecule has 1 aliphatic rings. The molecule has 1 heterocycles. The van der Waals surface area contributed by atoms with Crippen molar-refractivity contribution in [1.29, 1.82) is 0 Å². The number of carbonyl (C=O) groups excluding carboxylic acids is 1. The van der Waals surface area contributed by atoms with Crippen LogP contribution in [0.3, 0.4) is 0 Å². The van der Waals surface area contributed by atoms with Gasteiger partial charge in [0, 0.05) is 19.5 Å². The van der Waals surface area contributed by atoms with Crippen LogP contribution in [0.15, 0.2) is 79.5 Å². The SMILES string of the molecule is COc1cc(/C=C2\SC(=Nc3cccc(Cl)c3)NC2=O)ccc1OCc1ccc(Br)cc1Br. The maximum Gasteiger partial charge on any atom is 0.264 e. The zero-order valence-electron chi connectivity index (χ0n) is 17.3. The van der Waals surface area contributed by atoms with Gasteiger partial charge >= 0.3 is 0 Å². The molecule has 0 bridgehead atoms. The van der Waals surface area contributed by atoms with Crippen LogP contribution in [0.25, 0.3) is 6.08 Å². The Hall–Kier alpha value is -2.26. The molecule has 4 rings (SSSR count). The van der Waals surface area contributed by atoms with Crippen molar-refractivity contribution in [3.8, 4) is 11.5 Å². The number of thioether (sulfide) groups is 1. The van der Waals surface area contributed by atoms with E-state index in [4.69, 9.17) is 21.1 Å². The third-order valence-corrected chi connectivity index (χ3v) is 6.95. The van der Waals surface area contributed by atoms with E-state index < -0.39 is 0 Å². The molecular weight excluding hydrogens is 592 g/mol. The number of benzene rings is 3. The van der Waals surface area contributed by atoms with Crippen molar-refractivity contribution in [2.24, 2.45) is 4.99 Å². The van der Waals surface area contributed by atoms with Gasteiger partial charge in [0.15, 0.2) is 16.7 Å². The molecule has 3 aromatic carbocycles. The summed E-state index contributed by atoms with van der Waals surface area (Å²) in [6, 6.07) is 18.6. The standard InChI is InChI=1S/C24H17Br2ClN2O3S/c1-31-21-9-14(5-8-20(21)32-13-15-6-7-16(25)11-19(15)26)10-22-23(30)29-24(33-22)28-18-4-2-3-17(27)12-18/h2-12H,13H2,1H3,(H,28,29,30)/b22-10-. The predicted octanol–water partition coefficient (Wildman–Crippen LogP) is 7.34. The smallest absolute Gasteiger partial charge is 0.264 e. The van der Waals surface area contributed by atoms with E-state index in [-0.39, 0.29) is 5.91 Å². The van der Waals surface area contributed by atoms with Crippen molar-refractivity contribution >= 4 is 78.1 Å². The van der Waals surface area contributed by atoms with Crippen LogP contribution in [0.1, 0.15) is 11.1 Å². The number of halogens is 3. The molecule has 1 aliphatic heterocycles. The van der Waals surface area contributed by atoms with Gasteiger partial charge in [-0.1, -0.05) is 61.7 Å². The van der Waals surface area contributed by atoms with E-state index >= 15 is 0 Å². The number of rotatable bonds is 6. The van der Waals surface area contributed by atoms with Crippen molar-refractivity contribution in [2.75, 3.05) is 7.11 Å². The summed E-state index contributed by atoms with van der Waals surface area (Å²) in [7, 11) is 1.58. The molecule has 33 heavy (non-hydrogen) atoms. The highest BCUT2D eigenvalue weighted by Crippen LogP contribution is 2.33. The Morgan fingerprint density at radius 1 is 1.09 bits per heavy atom. The van der Waals surface area contributed by atoms with Gasteiger partial charge in [-0.25, -0.2) is 4.99 Å². The number of hydrogen-bond donors (Lipinski definition) is 1. The molecule has 0 spiro atoms. The van der Waals surface area contributed by atoms with Crippen molar-refractivity contribution in [3.63, 3.8) is 0 Å². The van der Waals surface area contributed by atoms with E-state index in [0.717, 1.165) is 20.1 Å². The second kappa shape index (κ2) is 10.8. The monoisotopic (exact) mass is 606 g/mol. The van der Waals surface area contributed by atoms with Gasteiger partial charge in [0.1, 0.15) is 6.61 Å². The van der Waals surface area contributed by atoms with Crippen LogP contribution < -0.4 is 14.8 Å². The first-order chi connectivity index (χ1) is 15.9. The van der Waals surface area contributed by atoms with Gasteiger partial charge in [-0.15, -0.1) is 0 Å². The van der Waals surface area contributed by atoms with E-state index in [2.05, 4.69) is 42.2 Å². The number of methoxy groups -OCH3 is 1. The average molecular weight is 609 g/mol. The number of amides is 1.